The summed E-state index contributed by atoms with van der Waals surface area (Å²) < 4.78 is 16.8. The van der Waals surface area contributed by atoms with E-state index in [4.69, 9.17) is 14.2 Å². The molecule has 1 aromatic carbocycles. The van der Waals surface area contributed by atoms with E-state index in [0.717, 1.165) is 19.3 Å². The number of carbonyl (C=O) groups excluding carboxylic acids is 1. The van der Waals surface area contributed by atoms with Gasteiger partial charge in [-0.3, -0.25) is 10.1 Å². The third-order valence-corrected chi connectivity index (χ3v) is 4.45. The number of nitro benzene ring substituents is 1. The second-order valence-corrected chi connectivity index (χ2v) is 5.89. The number of rotatable bonds is 3. The number of ether oxygens (including phenoxy) is 3. The molecule has 1 aliphatic heterocycles. The van der Waals surface area contributed by atoms with Crippen LogP contribution < -0.4 is 0 Å². The second kappa shape index (κ2) is 6.25. The van der Waals surface area contributed by atoms with Crippen molar-refractivity contribution in [1.82, 2.24) is 0 Å². The van der Waals surface area contributed by atoms with Gasteiger partial charge < -0.3 is 14.2 Å². The van der Waals surface area contributed by atoms with Crippen LogP contribution in [0.5, 0.6) is 0 Å². The fourth-order valence-electron chi connectivity index (χ4n) is 3.35. The molecule has 3 rings (SSSR count). The van der Waals surface area contributed by atoms with Gasteiger partial charge >= 0.3 is 5.97 Å². The van der Waals surface area contributed by atoms with Gasteiger partial charge in [0.05, 0.1) is 17.6 Å². The van der Waals surface area contributed by atoms with Gasteiger partial charge in [-0.1, -0.05) is 18.6 Å². The molecule has 1 spiro atoms. The van der Waals surface area contributed by atoms with Crippen molar-refractivity contribution in [2.24, 2.45) is 0 Å². The molecule has 0 radical (unpaired) electrons. The highest BCUT2D eigenvalue weighted by molar-refractivity contribution is 5.76. The van der Waals surface area contributed by atoms with Crippen molar-refractivity contribution in [2.75, 3.05) is 7.11 Å². The standard InChI is InChI=1S/C16H19NO6/c1-21-15(18)14-13(11-7-3-4-8-12(11)17(19)20)22-16(23-14)9-5-2-6-10-16/h3-4,7-8,13-14H,2,5-6,9-10H2,1H3. The Hall–Kier alpha value is -1.99. The third-order valence-electron chi connectivity index (χ3n) is 4.45. The number of hydrogen-bond donors (Lipinski definition) is 0. The largest absolute Gasteiger partial charge is 0.467 e. The van der Waals surface area contributed by atoms with Gasteiger partial charge in [0.15, 0.2) is 11.9 Å². The number of nitro groups is 1. The number of carbonyl (C=O) groups is 1. The fraction of sp³-hybridized carbons (Fsp3) is 0.562. The molecule has 23 heavy (non-hydrogen) atoms. The van der Waals surface area contributed by atoms with Crippen LogP contribution in [0, 0.1) is 10.1 Å². The number of hydrogen-bond acceptors (Lipinski definition) is 6. The Morgan fingerprint density at radius 1 is 1.26 bits per heavy atom. The van der Waals surface area contributed by atoms with Crippen LogP contribution in [0.25, 0.3) is 0 Å². The van der Waals surface area contributed by atoms with Crippen molar-refractivity contribution >= 4 is 11.7 Å². The van der Waals surface area contributed by atoms with Gasteiger partial charge in [0.25, 0.3) is 5.69 Å². The first-order valence-corrected chi connectivity index (χ1v) is 7.73. The normalized spacial score (nSPS) is 26.1. The minimum absolute atomic E-state index is 0.0807. The lowest BCUT2D eigenvalue weighted by molar-refractivity contribution is -0.386. The van der Waals surface area contributed by atoms with Gasteiger partial charge in [0.1, 0.15) is 6.10 Å². The maximum absolute atomic E-state index is 12.1. The number of esters is 1. The van der Waals surface area contributed by atoms with E-state index in [-0.39, 0.29) is 5.69 Å². The Balaban J connectivity index is 1.98. The molecular weight excluding hydrogens is 302 g/mol. The van der Waals surface area contributed by atoms with Crippen LogP contribution in [-0.4, -0.2) is 29.9 Å². The fourth-order valence-corrected chi connectivity index (χ4v) is 3.35. The summed E-state index contributed by atoms with van der Waals surface area (Å²) in [6.45, 7) is 0. The Morgan fingerprint density at radius 2 is 1.96 bits per heavy atom. The molecule has 2 fully saturated rings. The van der Waals surface area contributed by atoms with E-state index >= 15 is 0 Å². The summed E-state index contributed by atoms with van der Waals surface area (Å²) in [5, 5.41) is 11.3. The summed E-state index contributed by atoms with van der Waals surface area (Å²) in [7, 11) is 1.27. The molecule has 1 saturated carbocycles. The number of nitrogens with zero attached hydrogens (tertiary/aromatic N) is 1. The molecule has 0 aromatic heterocycles. The lowest BCUT2D eigenvalue weighted by Crippen LogP contribution is -2.35. The van der Waals surface area contributed by atoms with Crippen molar-refractivity contribution in [3.63, 3.8) is 0 Å². The van der Waals surface area contributed by atoms with Crippen molar-refractivity contribution < 1.29 is 23.9 Å². The number of methoxy groups -OCH3 is 1. The van der Waals surface area contributed by atoms with Gasteiger partial charge in [-0.15, -0.1) is 0 Å². The highest BCUT2D eigenvalue weighted by atomic mass is 16.8. The monoisotopic (exact) mass is 321 g/mol. The first-order chi connectivity index (χ1) is 11.1. The predicted molar refractivity (Wildman–Crippen MR) is 79.6 cm³/mol. The van der Waals surface area contributed by atoms with Gasteiger partial charge in [-0.2, -0.15) is 0 Å². The average Bonchev–Trinajstić information content (AvgIpc) is 2.93. The van der Waals surface area contributed by atoms with Crippen LogP contribution in [0.4, 0.5) is 5.69 Å². The molecule has 7 nitrogen and oxygen atoms in total. The van der Waals surface area contributed by atoms with Crippen LogP contribution in [0.3, 0.4) is 0 Å². The molecule has 1 saturated heterocycles. The van der Waals surface area contributed by atoms with Gasteiger partial charge in [0, 0.05) is 18.9 Å². The van der Waals surface area contributed by atoms with Crippen LogP contribution in [0.1, 0.15) is 43.8 Å². The van der Waals surface area contributed by atoms with E-state index in [9.17, 15) is 14.9 Å². The highest BCUT2D eigenvalue weighted by Crippen LogP contribution is 2.47. The Kier molecular flexibility index (Phi) is 4.32. The zero-order valence-corrected chi connectivity index (χ0v) is 12.9. The average molecular weight is 321 g/mol. The van der Waals surface area contributed by atoms with Gasteiger partial charge in [-0.25, -0.2) is 4.79 Å². The molecule has 124 valence electrons. The smallest absolute Gasteiger partial charge is 0.338 e. The summed E-state index contributed by atoms with van der Waals surface area (Å²) >= 11 is 0. The van der Waals surface area contributed by atoms with E-state index in [2.05, 4.69) is 0 Å². The Labute approximate surface area is 133 Å². The van der Waals surface area contributed by atoms with Crippen LogP contribution >= 0.6 is 0 Å². The molecule has 1 aliphatic carbocycles. The molecule has 2 aliphatic rings. The highest BCUT2D eigenvalue weighted by Gasteiger charge is 2.53. The molecular formula is C16H19NO6. The van der Waals surface area contributed by atoms with E-state index in [1.807, 2.05) is 0 Å². The number of benzene rings is 1. The quantitative estimate of drug-likeness (QED) is 0.483. The molecule has 7 heteroatoms. The zero-order valence-electron chi connectivity index (χ0n) is 12.9. The van der Waals surface area contributed by atoms with E-state index in [1.54, 1.807) is 18.2 Å². The third kappa shape index (κ3) is 2.94. The van der Waals surface area contributed by atoms with Crippen LogP contribution in [-0.2, 0) is 19.0 Å². The summed E-state index contributed by atoms with van der Waals surface area (Å²) in [4.78, 5) is 22.9. The maximum Gasteiger partial charge on any atom is 0.338 e. The van der Waals surface area contributed by atoms with Gasteiger partial charge in [0.2, 0.25) is 0 Å². The lowest BCUT2D eigenvalue weighted by Gasteiger charge is -2.31. The molecule has 1 heterocycles. The predicted octanol–water partition coefficient (Wildman–Crippen LogP) is 2.88. The summed E-state index contributed by atoms with van der Waals surface area (Å²) in [6.07, 6.45) is 2.51. The van der Waals surface area contributed by atoms with E-state index in [1.165, 1.54) is 13.2 Å². The molecule has 2 atom stereocenters. The van der Waals surface area contributed by atoms with Crippen molar-refractivity contribution in [3.8, 4) is 0 Å². The SMILES string of the molecule is COC(=O)C1OC2(CCCCC2)OC1c1ccccc1[N+](=O)[O-]. The van der Waals surface area contributed by atoms with E-state index in [0.29, 0.717) is 18.4 Å². The lowest BCUT2D eigenvalue weighted by atomic mass is 9.94. The van der Waals surface area contributed by atoms with Crippen molar-refractivity contribution in [2.45, 2.75) is 50.1 Å². The molecule has 1 aromatic rings. The van der Waals surface area contributed by atoms with Gasteiger partial charge in [-0.05, 0) is 18.9 Å². The topological polar surface area (TPSA) is 87.9 Å². The van der Waals surface area contributed by atoms with Crippen LogP contribution in [0.2, 0.25) is 0 Å². The summed E-state index contributed by atoms with van der Waals surface area (Å²) in [5.41, 5.74) is 0.262. The Morgan fingerprint density at radius 3 is 2.61 bits per heavy atom. The summed E-state index contributed by atoms with van der Waals surface area (Å²) in [6, 6.07) is 6.27. The van der Waals surface area contributed by atoms with Crippen molar-refractivity contribution in [1.29, 1.82) is 0 Å². The van der Waals surface area contributed by atoms with Crippen molar-refractivity contribution in [3.05, 3.63) is 39.9 Å². The molecule has 0 N–H and O–H groups in total. The molecule has 0 amide bonds. The minimum atomic E-state index is -0.987. The summed E-state index contributed by atoms with van der Waals surface area (Å²) in [5.74, 6) is -1.42. The first kappa shape index (κ1) is 15.9. The molecule has 0 bridgehead atoms. The zero-order chi connectivity index (χ0) is 16.4. The van der Waals surface area contributed by atoms with Crippen LogP contribution in [0.15, 0.2) is 24.3 Å². The second-order valence-electron chi connectivity index (χ2n) is 5.89. The first-order valence-electron chi connectivity index (χ1n) is 7.73. The molecule has 2 unspecified atom stereocenters. The number of para-hydroxylation sites is 1. The minimum Gasteiger partial charge on any atom is -0.467 e. The maximum atomic E-state index is 12.1. The van der Waals surface area contributed by atoms with E-state index < -0.39 is 28.9 Å². The Bertz CT molecular complexity index is 610.